The van der Waals surface area contributed by atoms with E-state index in [1.807, 2.05) is 196 Å². The molecule has 6 amide bonds. The predicted octanol–water partition coefficient (Wildman–Crippen LogP) is 17.2. The minimum Gasteiger partial charge on any atom is -0.479 e. The summed E-state index contributed by atoms with van der Waals surface area (Å²) in [5.41, 5.74) is 29.7. The number of carboxylic acid groups (broad SMARTS) is 1. The molecule has 0 saturated carbocycles. The molecule has 13 aromatic rings. The third kappa shape index (κ3) is 27.0. The van der Waals surface area contributed by atoms with Crippen LogP contribution in [0, 0.1) is 59.4 Å². The average molecular weight is 1900 g/mol. The second-order valence-electron chi connectivity index (χ2n) is 33.2. The number of hydrogen-bond acceptors (Lipinski definition) is 20. The fourth-order valence-corrected chi connectivity index (χ4v) is 16.1. The third-order valence-corrected chi connectivity index (χ3v) is 23.0. The molecule has 0 unspecified atom stereocenters. The zero-order valence-corrected chi connectivity index (χ0v) is 79.4. The molecule has 19 rings (SSSR count). The number of anilines is 5. The Balaban J connectivity index is 0.000000144. The van der Waals surface area contributed by atoms with Gasteiger partial charge in [-0.05, 0) is 192 Å². The van der Waals surface area contributed by atoms with Crippen LogP contribution in [0.25, 0.3) is 21.8 Å². The van der Waals surface area contributed by atoms with Gasteiger partial charge in [0.25, 0.3) is 5.91 Å². The molecule has 9 N–H and O–H groups in total. The van der Waals surface area contributed by atoms with E-state index in [4.69, 9.17) is 35.6 Å². The Morgan fingerprint density at radius 1 is 0.496 bits per heavy atom. The van der Waals surface area contributed by atoms with Gasteiger partial charge in [0.2, 0.25) is 5.91 Å². The standard InChI is InChI=1S/C23H24N2O2.C18H19N3O3.C18H21N3O2.C18H20N2O2.C10H10N2O2.C9H7NO3.C8H8NO2.Y/c1-16-10-11-18-14-24(23(26)27-15-17-6-3-2-4-7-17)12-13-25-20-9-5-8-19(20)21(16)22(18)25;1-14-7-8-16-12-20(9-10-21(19-23)17(16)11-14)18(22)24-13-15-5-3-2-4-6-15;1-14-7-8-16-12-20(9-10-21(19)17(16)11-14)18(22)23-13-15-5-3-2-4-6-15;1-14-7-8-16-12-20(10-9-19-17(16)11-14)18(21)22-13-15-5-3-2-4-6-15;1-6-2-3-7-8(4-6)12-9(13)5-11-10(7)14;1-5-2-3-6-7(4-5)10-9(12)13-8(6)11;1-5-2-3-7(9)6(4-5)8(10)11;/h2-4,6-7,10-11H,5,8-9,12-15H2,1H3;2-8,11H,9-10,12-13H2,1H3;2-8,11H,9-10,12-13,19H2,1H3;2-8,11,19H,9-10,12-13H2,1H3;2-4H,5H2,1H3,(H,11,14)(H,12,13);2-4H,1H3,(H,10,12);3-4H,9H2,1H3,(H,10,11);/q;;;;;;-1;. The number of ether oxygens (including phenoxy) is 4. The molecule has 11 aromatic carbocycles. The van der Waals surface area contributed by atoms with E-state index < -0.39 is 23.4 Å². The van der Waals surface area contributed by atoms with Crippen molar-refractivity contribution in [3.63, 3.8) is 0 Å². The van der Waals surface area contributed by atoms with Crippen molar-refractivity contribution in [3.05, 3.63) is 374 Å². The number of rotatable bonds is 10. The van der Waals surface area contributed by atoms with Gasteiger partial charge in [-0.15, -0.1) is 4.91 Å². The molecule has 0 saturated heterocycles. The Morgan fingerprint density at radius 2 is 0.963 bits per heavy atom. The zero-order valence-electron chi connectivity index (χ0n) is 76.5. The van der Waals surface area contributed by atoms with Crippen LogP contribution in [-0.2, 0) is 128 Å². The van der Waals surface area contributed by atoms with Gasteiger partial charge in [0.15, 0.2) is 0 Å². The van der Waals surface area contributed by atoms with E-state index in [-0.39, 0.29) is 93.8 Å². The minimum atomic E-state index is -1.00. The molecule has 0 atom stereocenters. The molecule has 6 aliphatic rings. The number of carbonyl (C=O) groups is 7. The summed E-state index contributed by atoms with van der Waals surface area (Å²) < 4.78 is 28.7. The predicted molar refractivity (Wildman–Crippen MR) is 515 cm³/mol. The van der Waals surface area contributed by atoms with Crippen molar-refractivity contribution in [2.75, 3.05) is 78.7 Å². The van der Waals surface area contributed by atoms with E-state index in [0.29, 0.717) is 101 Å². The first kappa shape index (κ1) is 99.3. The van der Waals surface area contributed by atoms with Crippen molar-refractivity contribution in [2.24, 2.45) is 11.1 Å². The van der Waals surface area contributed by atoms with Crippen LogP contribution in [0.15, 0.2) is 256 Å². The number of carbonyl (C=O) groups excluding carboxylic acids is 6. The van der Waals surface area contributed by atoms with Gasteiger partial charge in [-0.2, -0.15) is 23.8 Å². The summed E-state index contributed by atoms with van der Waals surface area (Å²) in [6.07, 6.45) is 2.39. The van der Waals surface area contributed by atoms with Crippen LogP contribution in [0.4, 0.5) is 47.6 Å². The normalized spacial score (nSPS) is 13.6. The third-order valence-electron chi connectivity index (χ3n) is 23.0. The number of nitrogens with two attached hydrogens (primary N) is 2. The number of hydrazine groups is 1. The average Bonchev–Trinajstić information content (AvgIpc) is 1.57. The number of hydrogen-bond donors (Lipinski definition) is 7. The number of benzene rings is 11. The first-order chi connectivity index (χ1) is 64.7. The van der Waals surface area contributed by atoms with Gasteiger partial charge in [0, 0.05) is 88.7 Å². The SMILES string of the molecule is Cc1[c-]cc(N)c(C(=O)O)c1.Cc1ccc2c(=O)oc(=O)[nH]c2c1.Cc1ccc2c(c1)N(N)CCN(C(=O)OCc1ccccc1)C2.Cc1ccc2c(c1)N(N=O)CCN(C(=O)OCc1ccccc1)C2.Cc1ccc2c(c1)NC(=O)CNC2=O.Cc1ccc2c(c1)NCCN(C(=O)OCc1ccccc1)C2.Cc1ccc2c3c1c1c(n3CCN(C(=O)OCc3ccccc3)C2)CCC1.[Y]. The Hall–Kier alpha value is -14.7. The number of nitrogens with zero attached hydrogens (tertiary/aromatic N) is 8. The number of nitrogens with one attached hydrogen (secondary N) is 4. The second kappa shape index (κ2) is 47.6. The number of carboxylic acids is 1. The van der Waals surface area contributed by atoms with Crippen LogP contribution in [-0.4, -0.2) is 129 Å². The van der Waals surface area contributed by atoms with Crippen LogP contribution in [0.5, 0.6) is 0 Å². The molecule has 1 radical (unpaired) electrons. The van der Waals surface area contributed by atoms with Crippen molar-refractivity contribution in [2.45, 2.75) is 127 Å². The number of nitroso groups, excluding NO2 is 1. The largest absolute Gasteiger partial charge is 0.479 e. The fourth-order valence-electron chi connectivity index (χ4n) is 16.1. The van der Waals surface area contributed by atoms with E-state index in [2.05, 4.69) is 85.5 Å². The summed E-state index contributed by atoms with van der Waals surface area (Å²) in [4.78, 5) is 125. The number of aryl methyl sites for hydroxylation is 8. The number of aromatic carboxylic acids is 1. The fraction of sp³-hybridized carbons (Fsp3) is 0.260. The molecule has 31 heteroatoms. The molecular weight excluding hydrogens is 1790 g/mol. The summed E-state index contributed by atoms with van der Waals surface area (Å²) in [6.45, 7) is 21.9. The molecule has 0 fully saturated rings. The maximum Gasteiger partial charge on any atom is 0.419 e. The van der Waals surface area contributed by atoms with Crippen LogP contribution in [0.2, 0.25) is 0 Å². The van der Waals surface area contributed by atoms with Crippen LogP contribution in [0.3, 0.4) is 0 Å². The maximum atomic E-state index is 12.7. The smallest absolute Gasteiger partial charge is 0.419 e. The number of H-pyrrole nitrogens is 1. The van der Waals surface area contributed by atoms with E-state index in [1.165, 1.54) is 63.3 Å². The summed E-state index contributed by atoms with van der Waals surface area (Å²) in [5.74, 6) is 3.98. The van der Waals surface area contributed by atoms with Gasteiger partial charge in [0.05, 0.1) is 90.1 Å². The van der Waals surface area contributed by atoms with Crippen molar-refractivity contribution < 1.29 is 94.7 Å². The Kier molecular flexibility index (Phi) is 35.0. The molecule has 2 aromatic heterocycles. The number of aromatic amines is 1. The molecule has 0 spiro atoms. The summed E-state index contributed by atoms with van der Waals surface area (Å²) >= 11 is 0. The van der Waals surface area contributed by atoms with Crippen LogP contribution in [0.1, 0.15) is 122 Å². The topological polar surface area (TPSA) is 382 Å². The summed E-state index contributed by atoms with van der Waals surface area (Å²) in [5, 5.41) is 25.2. The molecule has 135 heavy (non-hydrogen) atoms. The summed E-state index contributed by atoms with van der Waals surface area (Å²) in [6, 6.07) is 77.6. The second-order valence-corrected chi connectivity index (χ2v) is 33.2. The monoisotopic (exact) mass is 1900 g/mol. The van der Waals surface area contributed by atoms with Crippen LogP contribution < -0.4 is 48.9 Å². The number of fused-ring (bicyclic) bond motifs is 8. The Morgan fingerprint density at radius 3 is 1.51 bits per heavy atom. The van der Waals surface area contributed by atoms with Crippen molar-refractivity contribution in [3.8, 4) is 0 Å². The van der Waals surface area contributed by atoms with Crippen molar-refractivity contribution in [1.82, 2.24) is 34.5 Å². The number of amides is 6. The van der Waals surface area contributed by atoms with Crippen molar-refractivity contribution >= 4 is 92.4 Å². The molecule has 7 heterocycles. The van der Waals surface area contributed by atoms with Gasteiger partial charge in [-0.3, -0.25) is 14.6 Å². The molecular formula is C104H109N14O16Y-. The molecule has 695 valence electrons. The van der Waals surface area contributed by atoms with Crippen molar-refractivity contribution in [1.29, 1.82) is 0 Å². The first-order valence-electron chi connectivity index (χ1n) is 44.1. The number of nitrogen functional groups attached to an aromatic ring is 1. The maximum absolute atomic E-state index is 12.7. The molecule has 1 aliphatic carbocycles. The van der Waals surface area contributed by atoms with E-state index in [9.17, 15) is 48.1 Å². The number of aromatic nitrogens is 2. The quantitative estimate of drug-likeness (QED) is 0.0220. The Bertz CT molecular complexity index is 6520. The first-order valence-corrected chi connectivity index (χ1v) is 44.1. The zero-order chi connectivity index (χ0) is 94.9. The minimum absolute atomic E-state index is 0. The van der Waals surface area contributed by atoms with E-state index >= 15 is 0 Å². The van der Waals surface area contributed by atoms with Gasteiger partial charge in [0.1, 0.15) is 26.4 Å². The van der Waals surface area contributed by atoms with Gasteiger partial charge < -0.3 is 79.3 Å². The molecule has 5 aliphatic heterocycles. The van der Waals surface area contributed by atoms with Gasteiger partial charge in [-0.25, -0.2) is 44.4 Å². The van der Waals surface area contributed by atoms with Gasteiger partial charge in [-0.1, -0.05) is 195 Å². The molecule has 0 bridgehead atoms. The van der Waals surface area contributed by atoms with Gasteiger partial charge >= 0.3 is 41.7 Å². The summed E-state index contributed by atoms with van der Waals surface area (Å²) in [7, 11) is 0. The molecule has 30 nitrogen and oxygen atoms in total. The van der Waals surface area contributed by atoms with E-state index in [0.717, 1.165) is 103 Å². The Labute approximate surface area is 807 Å². The van der Waals surface area contributed by atoms with Crippen LogP contribution >= 0.6 is 0 Å². The van der Waals surface area contributed by atoms with E-state index in [1.54, 1.807) is 62.5 Å².